The summed E-state index contributed by atoms with van der Waals surface area (Å²) in [6, 6.07) is 7.06. The molecule has 7 heteroatoms. The van der Waals surface area contributed by atoms with Crippen LogP contribution in [0, 0.1) is 0 Å². The number of piperidine rings is 1. The number of amides is 1. The van der Waals surface area contributed by atoms with E-state index in [0.29, 0.717) is 18.7 Å². The number of rotatable bonds is 8. The Morgan fingerprint density at radius 1 is 1.04 bits per heavy atom. The summed E-state index contributed by atoms with van der Waals surface area (Å²) in [5.41, 5.74) is 0.620. The van der Waals surface area contributed by atoms with E-state index in [1.165, 1.54) is 32.4 Å². The number of carbonyl (C=O) groups is 1. The average molecular weight is 361 g/mol. The highest BCUT2D eigenvalue weighted by atomic mass is 16.5. The third kappa shape index (κ3) is 6.92. The van der Waals surface area contributed by atoms with Crippen LogP contribution in [0.2, 0.25) is 0 Å². The van der Waals surface area contributed by atoms with Crippen LogP contribution in [0.25, 0.3) is 0 Å². The van der Waals surface area contributed by atoms with Crippen LogP contribution in [0.3, 0.4) is 0 Å². The molecule has 0 unspecified atom stereocenters. The van der Waals surface area contributed by atoms with Crippen molar-refractivity contribution in [3.63, 3.8) is 0 Å². The molecule has 1 aromatic rings. The van der Waals surface area contributed by atoms with E-state index < -0.39 is 0 Å². The van der Waals surface area contributed by atoms with E-state index in [1.54, 1.807) is 38.4 Å². The van der Waals surface area contributed by atoms with Gasteiger partial charge in [0.1, 0.15) is 5.75 Å². The molecule has 1 aliphatic rings. The molecule has 0 aliphatic carbocycles. The predicted molar refractivity (Wildman–Crippen MR) is 105 cm³/mol. The highest BCUT2D eigenvalue weighted by Crippen LogP contribution is 2.10. The molecule has 26 heavy (non-hydrogen) atoms. The standard InChI is InChI=1S/C19H31N5O2/c1-20-19(23-12-15-24-13-4-3-5-14-24)22-11-10-21-18(25)16-6-8-17(26-2)9-7-16/h6-9H,3-5,10-15H2,1-2H3,(H,21,25)(H2,20,22,23). The lowest BCUT2D eigenvalue weighted by Crippen LogP contribution is -2.44. The third-order valence-electron chi connectivity index (χ3n) is 4.45. The minimum absolute atomic E-state index is 0.0949. The number of benzene rings is 1. The highest BCUT2D eigenvalue weighted by molar-refractivity contribution is 5.94. The average Bonchev–Trinajstić information content (AvgIpc) is 2.70. The van der Waals surface area contributed by atoms with E-state index in [4.69, 9.17) is 4.74 Å². The number of ether oxygens (including phenoxy) is 1. The quantitative estimate of drug-likeness (QED) is 0.367. The van der Waals surface area contributed by atoms with Gasteiger partial charge in [0.15, 0.2) is 5.96 Å². The maximum atomic E-state index is 12.1. The summed E-state index contributed by atoms with van der Waals surface area (Å²) in [7, 11) is 3.36. The summed E-state index contributed by atoms with van der Waals surface area (Å²) in [6.07, 6.45) is 3.97. The van der Waals surface area contributed by atoms with Crippen molar-refractivity contribution in [1.29, 1.82) is 0 Å². The Balaban J connectivity index is 1.59. The van der Waals surface area contributed by atoms with Gasteiger partial charge in [0.2, 0.25) is 0 Å². The van der Waals surface area contributed by atoms with Crippen LogP contribution >= 0.6 is 0 Å². The number of carbonyl (C=O) groups excluding carboxylic acids is 1. The van der Waals surface area contributed by atoms with Gasteiger partial charge in [0, 0.05) is 38.8 Å². The van der Waals surface area contributed by atoms with Crippen molar-refractivity contribution in [3.8, 4) is 5.75 Å². The molecule has 0 radical (unpaired) electrons. The van der Waals surface area contributed by atoms with Crippen LogP contribution in [0.1, 0.15) is 29.6 Å². The van der Waals surface area contributed by atoms with Crippen LogP contribution in [0.15, 0.2) is 29.3 Å². The molecule has 1 aliphatic heterocycles. The molecule has 3 N–H and O–H groups in total. The van der Waals surface area contributed by atoms with E-state index in [0.717, 1.165) is 24.8 Å². The fraction of sp³-hybridized carbons (Fsp3) is 0.579. The molecule has 1 aromatic carbocycles. The minimum Gasteiger partial charge on any atom is -0.497 e. The number of aliphatic imine (C=N–C) groups is 1. The lowest BCUT2D eigenvalue weighted by Gasteiger charge is -2.26. The Morgan fingerprint density at radius 3 is 2.35 bits per heavy atom. The molecule has 1 heterocycles. The van der Waals surface area contributed by atoms with Crippen molar-refractivity contribution in [1.82, 2.24) is 20.9 Å². The van der Waals surface area contributed by atoms with Gasteiger partial charge in [-0.2, -0.15) is 0 Å². The van der Waals surface area contributed by atoms with Gasteiger partial charge in [0.05, 0.1) is 7.11 Å². The van der Waals surface area contributed by atoms with Crippen LogP contribution in [0.5, 0.6) is 5.75 Å². The fourth-order valence-corrected chi connectivity index (χ4v) is 2.94. The van der Waals surface area contributed by atoms with Gasteiger partial charge in [-0.05, 0) is 50.2 Å². The molecule has 0 atom stereocenters. The van der Waals surface area contributed by atoms with E-state index in [2.05, 4.69) is 25.8 Å². The zero-order chi connectivity index (χ0) is 18.6. The van der Waals surface area contributed by atoms with Crippen LogP contribution < -0.4 is 20.7 Å². The zero-order valence-corrected chi connectivity index (χ0v) is 15.9. The molecule has 1 amide bonds. The lowest BCUT2D eigenvalue weighted by atomic mass is 10.1. The Bertz CT molecular complexity index is 568. The number of hydrogen-bond donors (Lipinski definition) is 3. The molecule has 2 rings (SSSR count). The lowest BCUT2D eigenvalue weighted by molar-refractivity contribution is 0.0954. The normalized spacial score (nSPS) is 15.4. The van der Waals surface area contributed by atoms with Crippen LogP contribution in [-0.2, 0) is 0 Å². The largest absolute Gasteiger partial charge is 0.497 e. The van der Waals surface area contributed by atoms with E-state index in [1.807, 2.05) is 0 Å². The van der Waals surface area contributed by atoms with Crippen molar-refractivity contribution in [2.75, 3.05) is 53.4 Å². The number of guanidine groups is 1. The van der Waals surface area contributed by atoms with E-state index >= 15 is 0 Å². The van der Waals surface area contributed by atoms with Crippen LogP contribution in [0.4, 0.5) is 0 Å². The summed E-state index contributed by atoms with van der Waals surface area (Å²) in [4.78, 5) is 18.8. The second-order valence-electron chi connectivity index (χ2n) is 6.31. The maximum Gasteiger partial charge on any atom is 0.251 e. The van der Waals surface area contributed by atoms with Gasteiger partial charge in [-0.3, -0.25) is 9.79 Å². The summed E-state index contributed by atoms with van der Waals surface area (Å²) in [5, 5.41) is 9.43. The van der Waals surface area contributed by atoms with Crippen molar-refractivity contribution in [3.05, 3.63) is 29.8 Å². The first-order chi connectivity index (χ1) is 12.7. The smallest absolute Gasteiger partial charge is 0.251 e. The maximum absolute atomic E-state index is 12.1. The first-order valence-electron chi connectivity index (χ1n) is 9.32. The van der Waals surface area contributed by atoms with Crippen LogP contribution in [-0.4, -0.2) is 70.2 Å². The van der Waals surface area contributed by atoms with Crippen molar-refractivity contribution >= 4 is 11.9 Å². The van der Waals surface area contributed by atoms with Crippen molar-refractivity contribution in [2.24, 2.45) is 4.99 Å². The molecule has 144 valence electrons. The van der Waals surface area contributed by atoms with Gasteiger partial charge >= 0.3 is 0 Å². The summed E-state index contributed by atoms with van der Waals surface area (Å²) in [5.74, 6) is 1.41. The van der Waals surface area contributed by atoms with E-state index in [9.17, 15) is 4.79 Å². The van der Waals surface area contributed by atoms with Gasteiger partial charge in [-0.25, -0.2) is 0 Å². The number of nitrogens with one attached hydrogen (secondary N) is 3. The minimum atomic E-state index is -0.0949. The van der Waals surface area contributed by atoms with Gasteiger partial charge in [-0.15, -0.1) is 0 Å². The molecule has 0 spiro atoms. The Hall–Kier alpha value is -2.28. The summed E-state index contributed by atoms with van der Waals surface area (Å²) >= 11 is 0. The highest BCUT2D eigenvalue weighted by Gasteiger charge is 2.09. The number of hydrogen-bond acceptors (Lipinski definition) is 4. The SMILES string of the molecule is CN=C(NCCNC(=O)c1ccc(OC)cc1)NCCN1CCCCC1. The van der Waals surface area contributed by atoms with Gasteiger partial charge < -0.3 is 25.6 Å². The Kier molecular flexibility index (Phi) is 8.75. The molecule has 0 saturated carbocycles. The first-order valence-corrected chi connectivity index (χ1v) is 9.32. The first kappa shape index (κ1) is 20.0. The van der Waals surface area contributed by atoms with E-state index in [-0.39, 0.29) is 5.91 Å². The monoisotopic (exact) mass is 361 g/mol. The summed E-state index contributed by atoms with van der Waals surface area (Å²) in [6.45, 7) is 5.45. The number of methoxy groups -OCH3 is 1. The van der Waals surface area contributed by atoms with Crippen molar-refractivity contribution in [2.45, 2.75) is 19.3 Å². The zero-order valence-electron chi connectivity index (χ0n) is 15.9. The number of likely N-dealkylation sites (tertiary alicyclic amines) is 1. The van der Waals surface area contributed by atoms with Gasteiger partial charge in [0.25, 0.3) is 5.91 Å². The second kappa shape index (κ2) is 11.4. The Morgan fingerprint density at radius 2 is 1.69 bits per heavy atom. The third-order valence-corrected chi connectivity index (χ3v) is 4.45. The van der Waals surface area contributed by atoms with Gasteiger partial charge in [-0.1, -0.05) is 6.42 Å². The molecule has 0 aromatic heterocycles. The molecular weight excluding hydrogens is 330 g/mol. The molecule has 0 bridgehead atoms. The Labute approximate surface area is 156 Å². The topological polar surface area (TPSA) is 78.0 Å². The molecule has 7 nitrogen and oxygen atoms in total. The number of nitrogens with zero attached hydrogens (tertiary/aromatic N) is 2. The molecular formula is C19H31N5O2. The molecule has 1 saturated heterocycles. The summed E-state index contributed by atoms with van der Waals surface area (Å²) < 4.78 is 5.09. The fourth-order valence-electron chi connectivity index (χ4n) is 2.94. The van der Waals surface area contributed by atoms with Crippen molar-refractivity contribution < 1.29 is 9.53 Å². The molecule has 1 fully saturated rings. The predicted octanol–water partition coefficient (Wildman–Crippen LogP) is 1.08. The second-order valence-corrected chi connectivity index (χ2v) is 6.31.